The van der Waals surface area contributed by atoms with Gasteiger partial charge >= 0.3 is 0 Å². The molecule has 2 nitrogen and oxygen atoms in total. The van der Waals surface area contributed by atoms with Gasteiger partial charge in [0.2, 0.25) is 5.91 Å². The molecule has 0 aliphatic rings. The Bertz CT molecular complexity index is 297. The van der Waals surface area contributed by atoms with Crippen molar-refractivity contribution in [2.24, 2.45) is 0 Å². The standard InChI is InChI=1S/C10H11Br2NO/c11-5-6-13-10(14)7-8-1-3-9(12)4-2-8/h1-4H,5-7H2,(H,13,14). The van der Waals surface area contributed by atoms with Gasteiger partial charge < -0.3 is 5.32 Å². The molecule has 0 spiro atoms. The van der Waals surface area contributed by atoms with E-state index in [1.807, 2.05) is 24.3 Å². The van der Waals surface area contributed by atoms with Crippen LogP contribution in [0.25, 0.3) is 0 Å². The van der Waals surface area contributed by atoms with E-state index in [1.165, 1.54) is 0 Å². The van der Waals surface area contributed by atoms with E-state index in [-0.39, 0.29) is 5.91 Å². The molecule has 0 saturated heterocycles. The molecular formula is C10H11Br2NO. The van der Waals surface area contributed by atoms with Crippen molar-refractivity contribution < 1.29 is 4.79 Å². The van der Waals surface area contributed by atoms with Gasteiger partial charge in [-0.2, -0.15) is 0 Å². The van der Waals surface area contributed by atoms with Crippen molar-refractivity contribution >= 4 is 37.8 Å². The number of nitrogens with one attached hydrogen (secondary N) is 1. The molecular weight excluding hydrogens is 310 g/mol. The van der Waals surface area contributed by atoms with Gasteiger partial charge in [-0.25, -0.2) is 0 Å². The molecule has 4 heteroatoms. The molecule has 0 bridgehead atoms. The van der Waals surface area contributed by atoms with Gasteiger partial charge in [0.25, 0.3) is 0 Å². The molecule has 0 saturated carbocycles. The maximum Gasteiger partial charge on any atom is 0.224 e. The summed E-state index contributed by atoms with van der Waals surface area (Å²) in [5.74, 6) is 0.0618. The minimum absolute atomic E-state index is 0.0618. The van der Waals surface area contributed by atoms with Crippen LogP contribution in [-0.4, -0.2) is 17.8 Å². The van der Waals surface area contributed by atoms with Gasteiger partial charge in [-0.3, -0.25) is 4.79 Å². The number of alkyl halides is 1. The second-order valence-electron chi connectivity index (χ2n) is 2.84. The van der Waals surface area contributed by atoms with E-state index >= 15 is 0 Å². The van der Waals surface area contributed by atoms with Crippen LogP contribution in [-0.2, 0) is 11.2 Å². The zero-order chi connectivity index (χ0) is 10.4. The summed E-state index contributed by atoms with van der Waals surface area (Å²) in [5.41, 5.74) is 1.03. The quantitative estimate of drug-likeness (QED) is 0.849. The molecule has 1 amide bonds. The van der Waals surface area contributed by atoms with Gasteiger partial charge in [-0.1, -0.05) is 44.0 Å². The second-order valence-corrected chi connectivity index (χ2v) is 4.55. The second kappa shape index (κ2) is 6.19. The first-order chi connectivity index (χ1) is 6.72. The molecule has 1 aromatic carbocycles. The molecule has 14 heavy (non-hydrogen) atoms. The molecule has 1 aromatic rings. The van der Waals surface area contributed by atoms with Gasteiger partial charge in [-0.15, -0.1) is 0 Å². The van der Waals surface area contributed by atoms with Crippen LogP contribution in [0.5, 0.6) is 0 Å². The van der Waals surface area contributed by atoms with E-state index in [0.29, 0.717) is 13.0 Å². The van der Waals surface area contributed by atoms with E-state index in [1.54, 1.807) is 0 Å². The van der Waals surface area contributed by atoms with Crippen LogP contribution in [0.3, 0.4) is 0 Å². The van der Waals surface area contributed by atoms with Gasteiger partial charge in [0, 0.05) is 16.3 Å². The number of carbonyl (C=O) groups is 1. The highest BCUT2D eigenvalue weighted by atomic mass is 79.9. The summed E-state index contributed by atoms with van der Waals surface area (Å²) in [6, 6.07) is 7.76. The van der Waals surface area contributed by atoms with Crippen LogP contribution in [0.1, 0.15) is 5.56 Å². The summed E-state index contributed by atoms with van der Waals surface area (Å²) in [5, 5.41) is 3.59. The summed E-state index contributed by atoms with van der Waals surface area (Å²) >= 11 is 6.60. The largest absolute Gasteiger partial charge is 0.355 e. The number of hydrogen-bond donors (Lipinski definition) is 1. The van der Waals surface area contributed by atoms with Crippen molar-refractivity contribution in [1.82, 2.24) is 5.32 Å². The van der Waals surface area contributed by atoms with Gasteiger partial charge in [-0.05, 0) is 17.7 Å². The first kappa shape index (κ1) is 11.7. The molecule has 0 aliphatic heterocycles. The average molecular weight is 321 g/mol. The van der Waals surface area contributed by atoms with Crippen LogP contribution in [0.4, 0.5) is 0 Å². The zero-order valence-electron chi connectivity index (χ0n) is 7.59. The van der Waals surface area contributed by atoms with E-state index in [4.69, 9.17) is 0 Å². The first-order valence-corrected chi connectivity index (χ1v) is 6.21. The highest BCUT2D eigenvalue weighted by molar-refractivity contribution is 9.10. The maximum absolute atomic E-state index is 11.3. The highest BCUT2D eigenvalue weighted by Crippen LogP contribution is 2.10. The normalized spacial score (nSPS) is 9.86. The van der Waals surface area contributed by atoms with Crippen molar-refractivity contribution in [2.75, 3.05) is 11.9 Å². The average Bonchev–Trinajstić information content (AvgIpc) is 2.18. The SMILES string of the molecule is O=C(Cc1ccc(Br)cc1)NCCBr. The van der Waals surface area contributed by atoms with Gasteiger partial charge in [0.15, 0.2) is 0 Å². The van der Waals surface area contributed by atoms with E-state index in [9.17, 15) is 4.79 Å². The van der Waals surface area contributed by atoms with Crippen LogP contribution >= 0.6 is 31.9 Å². The lowest BCUT2D eigenvalue weighted by Gasteiger charge is -2.02. The third-order valence-corrected chi connectivity index (χ3v) is 2.62. The molecule has 1 N–H and O–H groups in total. The third-order valence-electron chi connectivity index (χ3n) is 1.69. The number of hydrogen-bond acceptors (Lipinski definition) is 1. The summed E-state index contributed by atoms with van der Waals surface area (Å²) in [4.78, 5) is 11.3. The molecule has 0 radical (unpaired) electrons. The summed E-state index contributed by atoms with van der Waals surface area (Å²) in [7, 11) is 0. The topological polar surface area (TPSA) is 29.1 Å². The van der Waals surface area contributed by atoms with E-state index in [0.717, 1.165) is 15.4 Å². The Morgan fingerprint density at radius 3 is 2.50 bits per heavy atom. The first-order valence-electron chi connectivity index (χ1n) is 4.29. The summed E-state index contributed by atoms with van der Waals surface area (Å²) in [6.07, 6.45) is 0.445. The molecule has 76 valence electrons. The molecule has 0 aliphatic carbocycles. The lowest BCUT2D eigenvalue weighted by Crippen LogP contribution is -2.26. The van der Waals surface area contributed by atoms with Crippen molar-refractivity contribution in [3.63, 3.8) is 0 Å². The fraction of sp³-hybridized carbons (Fsp3) is 0.300. The molecule has 0 aromatic heterocycles. The Morgan fingerprint density at radius 2 is 1.93 bits per heavy atom. The Labute approximate surface area is 100 Å². The van der Waals surface area contributed by atoms with Crippen LogP contribution in [0.2, 0.25) is 0 Å². The minimum Gasteiger partial charge on any atom is -0.355 e. The van der Waals surface area contributed by atoms with Crippen LogP contribution in [0.15, 0.2) is 28.7 Å². The summed E-state index contributed by atoms with van der Waals surface area (Å²) in [6.45, 7) is 0.676. The van der Waals surface area contributed by atoms with E-state index < -0.39 is 0 Å². The smallest absolute Gasteiger partial charge is 0.224 e. The number of amides is 1. The maximum atomic E-state index is 11.3. The van der Waals surface area contributed by atoms with Gasteiger partial charge in [0.1, 0.15) is 0 Å². The van der Waals surface area contributed by atoms with Crippen molar-refractivity contribution in [3.05, 3.63) is 34.3 Å². The van der Waals surface area contributed by atoms with Crippen LogP contribution in [0, 0.1) is 0 Å². The van der Waals surface area contributed by atoms with E-state index in [2.05, 4.69) is 37.2 Å². The number of halogens is 2. The number of rotatable bonds is 4. The Balaban J connectivity index is 2.44. The Hall–Kier alpha value is -0.350. The third kappa shape index (κ3) is 4.24. The van der Waals surface area contributed by atoms with Crippen molar-refractivity contribution in [3.8, 4) is 0 Å². The Morgan fingerprint density at radius 1 is 1.29 bits per heavy atom. The minimum atomic E-state index is 0.0618. The molecule has 0 unspecified atom stereocenters. The Kier molecular flexibility index (Phi) is 5.19. The number of benzene rings is 1. The van der Waals surface area contributed by atoms with Crippen molar-refractivity contribution in [1.29, 1.82) is 0 Å². The molecule has 0 fully saturated rings. The molecule has 0 atom stereocenters. The number of carbonyl (C=O) groups excluding carboxylic acids is 1. The fourth-order valence-electron chi connectivity index (χ4n) is 1.04. The monoisotopic (exact) mass is 319 g/mol. The van der Waals surface area contributed by atoms with Crippen molar-refractivity contribution in [2.45, 2.75) is 6.42 Å². The highest BCUT2D eigenvalue weighted by Gasteiger charge is 2.01. The zero-order valence-corrected chi connectivity index (χ0v) is 10.8. The molecule has 0 heterocycles. The van der Waals surface area contributed by atoms with Crippen LogP contribution < -0.4 is 5.32 Å². The summed E-state index contributed by atoms with van der Waals surface area (Å²) < 4.78 is 1.03. The lowest BCUT2D eigenvalue weighted by molar-refractivity contribution is -0.120. The van der Waals surface area contributed by atoms with Gasteiger partial charge in [0.05, 0.1) is 6.42 Å². The predicted octanol–water partition coefficient (Wildman–Crippen LogP) is 2.50. The lowest BCUT2D eigenvalue weighted by atomic mass is 10.1. The predicted molar refractivity (Wildman–Crippen MR) is 64.6 cm³/mol. The fourth-order valence-corrected chi connectivity index (χ4v) is 1.50. The molecule has 1 rings (SSSR count).